The van der Waals surface area contributed by atoms with Gasteiger partial charge in [0.2, 0.25) is 5.91 Å². The van der Waals surface area contributed by atoms with E-state index in [0.717, 1.165) is 6.07 Å². The molecule has 1 saturated heterocycles. The zero-order chi connectivity index (χ0) is 13.9. The van der Waals surface area contributed by atoms with Crippen molar-refractivity contribution in [1.29, 1.82) is 0 Å². The van der Waals surface area contributed by atoms with Gasteiger partial charge in [-0.2, -0.15) is 13.2 Å². The molecule has 1 N–H and O–H groups in total. The molecule has 0 aliphatic carbocycles. The smallest absolute Gasteiger partial charge is 0.337 e. The van der Waals surface area contributed by atoms with Crippen LogP contribution in [0.15, 0.2) is 24.3 Å². The molecule has 1 aromatic carbocycles. The van der Waals surface area contributed by atoms with Crippen molar-refractivity contribution in [2.75, 3.05) is 19.6 Å². The molecule has 6 heteroatoms. The van der Waals surface area contributed by atoms with Crippen molar-refractivity contribution >= 4 is 5.91 Å². The highest BCUT2D eigenvalue weighted by atomic mass is 19.4. The lowest BCUT2D eigenvalue weighted by Gasteiger charge is -2.22. The Kier molecular flexibility index (Phi) is 4.09. The molecule has 0 saturated carbocycles. The molecule has 0 spiro atoms. The van der Waals surface area contributed by atoms with Gasteiger partial charge in [0.05, 0.1) is 5.56 Å². The largest absolute Gasteiger partial charge is 0.416 e. The van der Waals surface area contributed by atoms with Crippen molar-refractivity contribution in [2.45, 2.75) is 19.1 Å². The fraction of sp³-hybridized carbons (Fsp3) is 0.462. The Hall–Kier alpha value is -1.56. The molecular formula is C13H15F3N2O. The number of rotatable bonds is 2. The second-order valence-electron chi connectivity index (χ2n) is 4.47. The first kappa shape index (κ1) is 13.9. The van der Waals surface area contributed by atoms with Crippen LogP contribution in [0.5, 0.6) is 0 Å². The molecule has 1 fully saturated rings. The monoisotopic (exact) mass is 272 g/mol. The number of hydrogen-bond donors (Lipinski definition) is 1. The first-order chi connectivity index (χ1) is 8.98. The fourth-order valence-corrected chi connectivity index (χ4v) is 2.12. The summed E-state index contributed by atoms with van der Waals surface area (Å²) in [5, 5.41) is 3.05. The molecule has 1 aliphatic rings. The minimum atomic E-state index is -4.39. The van der Waals surface area contributed by atoms with Crippen LogP contribution in [0.25, 0.3) is 0 Å². The Balaban J connectivity index is 2.20. The maximum Gasteiger partial charge on any atom is 0.416 e. The Morgan fingerprint density at radius 3 is 2.68 bits per heavy atom. The number of carbonyl (C=O) groups excluding carboxylic acids is 1. The summed E-state index contributed by atoms with van der Waals surface area (Å²) in [6, 6.07) is 5.40. The third kappa shape index (κ3) is 3.47. The van der Waals surface area contributed by atoms with Gasteiger partial charge in [-0.3, -0.25) is 4.79 Å². The minimum Gasteiger partial charge on any atom is -0.337 e. The second kappa shape index (κ2) is 5.61. The number of alkyl halides is 3. The molecule has 0 unspecified atom stereocenters. The van der Waals surface area contributed by atoms with E-state index in [2.05, 4.69) is 5.32 Å². The third-order valence-electron chi connectivity index (χ3n) is 3.11. The number of nitrogens with zero attached hydrogens (tertiary/aromatic N) is 1. The Labute approximate surface area is 109 Å². The van der Waals surface area contributed by atoms with Crippen molar-refractivity contribution in [1.82, 2.24) is 10.2 Å². The van der Waals surface area contributed by atoms with Crippen molar-refractivity contribution in [3.8, 4) is 0 Å². The summed E-state index contributed by atoms with van der Waals surface area (Å²) in [4.78, 5) is 13.3. The minimum absolute atomic E-state index is 0.0101. The van der Waals surface area contributed by atoms with Crippen LogP contribution in [0.1, 0.15) is 17.5 Å². The summed E-state index contributed by atoms with van der Waals surface area (Å²) in [5.41, 5.74) is -0.523. The van der Waals surface area contributed by atoms with E-state index in [1.54, 1.807) is 6.07 Å². The average Bonchev–Trinajstić information content (AvgIpc) is 2.54. The topological polar surface area (TPSA) is 32.3 Å². The summed E-state index contributed by atoms with van der Waals surface area (Å²) in [6.07, 6.45) is -4.06. The van der Waals surface area contributed by atoms with Crippen LogP contribution in [-0.2, 0) is 17.5 Å². The summed E-state index contributed by atoms with van der Waals surface area (Å²) >= 11 is 0. The summed E-state index contributed by atoms with van der Waals surface area (Å²) < 4.78 is 38.6. The standard InChI is InChI=1S/C13H15F3N2O/c14-13(15,16)11-4-2-1-3-10(11)9-18-8-7-17-6-5-12(18)19/h1-4,17H,5-9H2. The first-order valence-corrected chi connectivity index (χ1v) is 6.12. The average molecular weight is 272 g/mol. The van der Waals surface area contributed by atoms with Gasteiger partial charge >= 0.3 is 6.18 Å². The highest BCUT2D eigenvalue weighted by Crippen LogP contribution is 2.32. The van der Waals surface area contributed by atoms with Crippen LogP contribution in [0.3, 0.4) is 0 Å². The van der Waals surface area contributed by atoms with Gasteiger partial charge in [-0.1, -0.05) is 18.2 Å². The number of hydrogen-bond acceptors (Lipinski definition) is 2. The predicted molar refractivity (Wildman–Crippen MR) is 64.3 cm³/mol. The highest BCUT2D eigenvalue weighted by Gasteiger charge is 2.33. The molecule has 0 radical (unpaired) electrons. The van der Waals surface area contributed by atoms with E-state index in [1.807, 2.05) is 0 Å². The molecule has 0 atom stereocenters. The van der Waals surface area contributed by atoms with Crippen molar-refractivity contribution < 1.29 is 18.0 Å². The number of halogens is 3. The maximum atomic E-state index is 12.9. The summed E-state index contributed by atoms with van der Waals surface area (Å²) in [7, 11) is 0. The van der Waals surface area contributed by atoms with E-state index >= 15 is 0 Å². The van der Waals surface area contributed by atoms with E-state index in [4.69, 9.17) is 0 Å². The zero-order valence-corrected chi connectivity index (χ0v) is 10.3. The lowest BCUT2D eigenvalue weighted by Crippen LogP contribution is -2.32. The molecule has 19 heavy (non-hydrogen) atoms. The zero-order valence-electron chi connectivity index (χ0n) is 10.3. The quantitative estimate of drug-likeness (QED) is 0.893. The number of nitrogens with one attached hydrogen (secondary N) is 1. The van der Waals surface area contributed by atoms with Gasteiger partial charge in [0, 0.05) is 32.6 Å². The Bertz CT molecular complexity index is 459. The maximum absolute atomic E-state index is 12.9. The van der Waals surface area contributed by atoms with Crippen molar-refractivity contribution in [3.63, 3.8) is 0 Å². The Morgan fingerprint density at radius 1 is 1.21 bits per heavy atom. The molecule has 104 valence electrons. The van der Waals surface area contributed by atoms with Crippen LogP contribution < -0.4 is 5.32 Å². The van der Waals surface area contributed by atoms with Crippen LogP contribution in [0.4, 0.5) is 13.2 Å². The predicted octanol–water partition coefficient (Wildman–Crippen LogP) is 2.03. The summed E-state index contributed by atoms with van der Waals surface area (Å²) in [5.74, 6) is -0.109. The molecule has 3 nitrogen and oxygen atoms in total. The second-order valence-corrected chi connectivity index (χ2v) is 4.47. The number of carbonyl (C=O) groups is 1. The molecule has 0 bridgehead atoms. The van der Waals surface area contributed by atoms with Crippen LogP contribution in [0, 0.1) is 0 Å². The van der Waals surface area contributed by atoms with Gasteiger partial charge in [-0.05, 0) is 11.6 Å². The van der Waals surface area contributed by atoms with Crippen molar-refractivity contribution in [2.24, 2.45) is 0 Å². The van der Waals surface area contributed by atoms with Gasteiger partial charge in [0.15, 0.2) is 0 Å². The van der Waals surface area contributed by atoms with E-state index in [-0.39, 0.29) is 18.0 Å². The third-order valence-corrected chi connectivity index (χ3v) is 3.11. The van der Waals surface area contributed by atoms with Crippen LogP contribution >= 0.6 is 0 Å². The molecular weight excluding hydrogens is 257 g/mol. The molecule has 2 rings (SSSR count). The number of benzene rings is 1. The van der Waals surface area contributed by atoms with Gasteiger partial charge in [-0.15, -0.1) is 0 Å². The SMILES string of the molecule is O=C1CCNCCN1Cc1ccccc1C(F)(F)F. The number of amides is 1. The van der Waals surface area contributed by atoms with E-state index in [9.17, 15) is 18.0 Å². The van der Waals surface area contributed by atoms with Crippen molar-refractivity contribution in [3.05, 3.63) is 35.4 Å². The Morgan fingerprint density at radius 2 is 1.95 bits per heavy atom. The van der Waals surface area contributed by atoms with Gasteiger partial charge in [0.25, 0.3) is 0 Å². The fourth-order valence-electron chi connectivity index (χ4n) is 2.12. The molecule has 1 aromatic rings. The molecule has 0 aromatic heterocycles. The van der Waals surface area contributed by atoms with Gasteiger partial charge < -0.3 is 10.2 Å². The van der Waals surface area contributed by atoms with Crippen LogP contribution in [0.2, 0.25) is 0 Å². The first-order valence-electron chi connectivity index (χ1n) is 6.12. The van der Waals surface area contributed by atoms with E-state index < -0.39 is 11.7 Å². The molecule has 1 amide bonds. The van der Waals surface area contributed by atoms with Gasteiger partial charge in [-0.25, -0.2) is 0 Å². The lowest BCUT2D eigenvalue weighted by molar-refractivity contribution is -0.139. The van der Waals surface area contributed by atoms with Gasteiger partial charge in [0.1, 0.15) is 0 Å². The molecule has 1 aliphatic heterocycles. The molecule has 1 heterocycles. The van der Waals surface area contributed by atoms with E-state index in [0.29, 0.717) is 26.1 Å². The highest BCUT2D eigenvalue weighted by molar-refractivity contribution is 5.76. The lowest BCUT2D eigenvalue weighted by atomic mass is 10.1. The summed E-state index contributed by atoms with van der Waals surface area (Å²) in [6.45, 7) is 1.64. The normalized spacial score (nSPS) is 17.4. The van der Waals surface area contributed by atoms with E-state index in [1.165, 1.54) is 17.0 Å². The van der Waals surface area contributed by atoms with Crippen LogP contribution in [-0.4, -0.2) is 30.4 Å².